The van der Waals surface area contributed by atoms with Crippen molar-refractivity contribution in [2.45, 2.75) is 144 Å². The summed E-state index contributed by atoms with van der Waals surface area (Å²) in [5.41, 5.74) is 14.2. The number of halogens is 2. The molecule has 6 N–H and O–H groups in total. The van der Waals surface area contributed by atoms with Crippen molar-refractivity contribution >= 4 is 89.2 Å². The summed E-state index contributed by atoms with van der Waals surface area (Å²) in [6.07, 6.45) is 4.19. The molecular formula is C50H66BI2N12O8S2-. The molecule has 0 atom stereocenters. The van der Waals surface area contributed by atoms with Crippen LogP contribution in [0.15, 0.2) is 33.3 Å². The van der Waals surface area contributed by atoms with Crippen LogP contribution < -0.4 is 36.1 Å². The Morgan fingerprint density at radius 3 is 1.53 bits per heavy atom. The van der Waals surface area contributed by atoms with Crippen LogP contribution in [0.5, 0.6) is 0 Å². The van der Waals surface area contributed by atoms with E-state index in [9.17, 15) is 16.8 Å². The molecule has 2 saturated carbocycles. The van der Waals surface area contributed by atoms with Crippen molar-refractivity contribution in [1.82, 2.24) is 50.6 Å². The minimum atomic E-state index is -3.42. The van der Waals surface area contributed by atoms with E-state index in [1.54, 1.807) is 0 Å². The van der Waals surface area contributed by atoms with Gasteiger partial charge in [-0.15, -0.1) is 0 Å². The van der Waals surface area contributed by atoms with E-state index in [1.165, 1.54) is 10.8 Å². The summed E-state index contributed by atoms with van der Waals surface area (Å²) >= 11 is 2.80. The summed E-state index contributed by atoms with van der Waals surface area (Å²) in [7, 11) is -7.08. The number of aromatic nitrogens is 10. The average molecular weight is 1290 g/mol. The van der Waals surface area contributed by atoms with E-state index in [0.717, 1.165) is 98.9 Å². The van der Waals surface area contributed by atoms with E-state index >= 15 is 0 Å². The molecule has 404 valence electrons. The first-order valence-corrected chi connectivity index (χ1v) is 32.6. The Morgan fingerprint density at radius 2 is 1.13 bits per heavy atom. The number of hydrogen-bond acceptors (Lipinski definition) is 14. The van der Waals surface area contributed by atoms with Crippen molar-refractivity contribution in [3.05, 3.63) is 73.5 Å². The van der Waals surface area contributed by atoms with Gasteiger partial charge in [-0.3, -0.25) is 19.6 Å². The number of hydrogen-bond donors (Lipinski definition) is 6. The molecule has 20 nitrogen and oxygen atoms in total. The summed E-state index contributed by atoms with van der Waals surface area (Å²) in [6.45, 7) is 25.8. The number of nitrogens with one attached hydrogen (secondary N) is 6. The van der Waals surface area contributed by atoms with Crippen LogP contribution in [-0.2, 0) is 29.4 Å². The van der Waals surface area contributed by atoms with E-state index in [0.29, 0.717) is 58.2 Å². The molecule has 75 heavy (non-hydrogen) atoms. The van der Waals surface area contributed by atoms with Crippen molar-refractivity contribution < 1.29 is 56.4 Å². The number of fused-ring (bicyclic) bond motifs is 2. The largest absolute Gasteiger partial charge is 0.498 e. The predicted octanol–water partition coefficient (Wildman–Crippen LogP) is 6.53. The van der Waals surface area contributed by atoms with Crippen molar-refractivity contribution in [3.8, 4) is 33.4 Å². The van der Waals surface area contributed by atoms with Crippen LogP contribution in [0.1, 0.15) is 112 Å². The zero-order valence-electron chi connectivity index (χ0n) is 44.8. The van der Waals surface area contributed by atoms with Gasteiger partial charge in [-0.1, -0.05) is 10.3 Å². The van der Waals surface area contributed by atoms with Gasteiger partial charge in [0, 0.05) is 42.7 Å². The fourth-order valence-corrected chi connectivity index (χ4v) is 13.2. The molecule has 1 saturated heterocycles. The van der Waals surface area contributed by atoms with Crippen molar-refractivity contribution in [2.24, 2.45) is 0 Å². The molecule has 0 bridgehead atoms. The smallest absolute Gasteiger partial charge is 0.399 e. The SMILES string of the molecule is CCC[I-]C.Cc1n[nH]c(C)c1-c1cc(-c2c(C)noc2C)cc2[nH]c(NS(=O)(=O)C3CC3)nc12.Cc1n[nH]c(C)c1B1OC(C)(C)C(C)(C)O1.Cc1noc(C)c1-c1cc(I)c2nc(NS(=O)(=O)C3CC3)[nH]c2c1. The Balaban J connectivity index is 0.000000149. The standard InChI is InChI=1S/C20H22N6O3S.C15H15IN4O3S.C11H19BN2O2.C4H10I/c1-9-17(10(2)24-23-9)15-7-13(18-11(3)25-29-12(18)4)8-16-19(15)22-20(21-16)26-30(27,28)14-5-6-14;1-7-13(8(2)23-19-7)9-5-11(16)14-12(6-9)17-15(18-14)20-24(21,22)10-3-4-10;1-7-9(8(2)14-13-7)12-15-10(3,4)11(5,6)16-12;1-3-4-5-2/h7-8,14H,5-6H2,1-4H3,(H,23,24)(H2,21,22,26);5-6,10H,3-4H2,1-2H3,(H2,17,18,20);1-6H3,(H,13,14);3-4H2,1-2H3/q;;;-1. The van der Waals surface area contributed by atoms with Crippen LogP contribution in [-0.4, -0.2) is 106 Å². The normalized spacial score (nSPS) is 16.1. The van der Waals surface area contributed by atoms with Gasteiger partial charge in [0.2, 0.25) is 31.9 Å². The second-order valence-corrected chi connectivity index (χ2v) is 27.9. The minimum Gasteiger partial charge on any atom is -0.399 e. The average Bonchev–Trinajstić information content (AvgIpc) is 4.13. The molecule has 0 amide bonds. The fourth-order valence-electron chi connectivity index (χ4n) is 8.76. The van der Waals surface area contributed by atoms with Gasteiger partial charge >= 0.3 is 51.0 Å². The van der Waals surface area contributed by atoms with Gasteiger partial charge in [-0.25, -0.2) is 26.8 Å². The molecule has 0 radical (unpaired) electrons. The number of alkyl halides is 2. The quantitative estimate of drug-likeness (QED) is 0.0431. The Labute approximate surface area is 462 Å². The third kappa shape index (κ3) is 12.2. The number of anilines is 2. The Morgan fingerprint density at radius 1 is 0.667 bits per heavy atom. The first kappa shape index (κ1) is 56.4. The van der Waals surface area contributed by atoms with Crippen molar-refractivity contribution in [3.63, 3.8) is 0 Å². The minimum absolute atomic E-state index is 0.216. The molecule has 8 aromatic rings. The number of benzene rings is 2. The molecule has 1 aliphatic heterocycles. The van der Waals surface area contributed by atoms with Gasteiger partial charge in [-0.2, -0.15) is 10.2 Å². The van der Waals surface area contributed by atoms with E-state index in [1.807, 2.05) is 79.7 Å². The van der Waals surface area contributed by atoms with E-state index in [4.69, 9.17) is 18.4 Å². The predicted molar refractivity (Wildman–Crippen MR) is 298 cm³/mol. The maximum Gasteiger partial charge on any atom is 0.498 e. The van der Waals surface area contributed by atoms with Gasteiger partial charge in [0.1, 0.15) is 17.0 Å². The van der Waals surface area contributed by atoms with Crippen LogP contribution in [0.2, 0.25) is 0 Å². The van der Waals surface area contributed by atoms with Crippen molar-refractivity contribution in [1.29, 1.82) is 0 Å². The van der Waals surface area contributed by atoms with Crippen LogP contribution in [0, 0.1) is 59.0 Å². The summed E-state index contributed by atoms with van der Waals surface area (Å²) in [4.78, 5) is 17.5. The second-order valence-electron chi connectivity index (χ2n) is 20.2. The van der Waals surface area contributed by atoms with E-state index in [-0.39, 0.29) is 40.7 Å². The topological polar surface area (TPSA) is 278 Å². The van der Waals surface area contributed by atoms with Crippen molar-refractivity contribution in [2.75, 3.05) is 18.8 Å². The third-order valence-electron chi connectivity index (χ3n) is 13.6. The summed E-state index contributed by atoms with van der Waals surface area (Å²) < 4.78 is 79.1. The number of H-pyrrole nitrogens is 4. The molecule has 6 aromatic heterocycles. The molecule has 3 fully saturated rings. The molecule has 11 rings (SSSR count). The van der Waals surface area contributed by atoms with Gasteiger partial charge in [0.25, 0.3) is 0 Å². The zero-order chi connectivity index (χ0) is 54.5. The maximum absolute atomic E-state index is 12.4. The van der Waals surface area contributed by atoms with Crippen LogP contribution in [0.4, 0.5) is 11.9 Å². The Hall–Kier alpha value is -4.84. The molecule has 2 aliphatic carbocycles. The van der Waals surface area contributed by atoms with Crippen LogP contribution in [0.3, 0.4) is 0 Å². The number of nitrogens with zero attached hydrogens (tertiary/aromatic N) is 6. The summed E-state index contributed by atoms with van der Waals surface area (Å²) in [5, 5.41) is 21.9. The molecule has 0 unspecified atom stereocenters. The maximum atomic E-state index is 12.4. The summed E-state index contributed by atoms with van der Waals surface area (Å²) in [6, 6.07) is 7.90. The molecule has 2 aromatic carbocycles. The Bertz CT molecular complexity index is 3510. The number of aryl methyl sites for hydroxylation is 8. The van der Waals surface area contributed by atoms with E-state index < -0.39 is 20.0 Å². The van der Waals surface area contributed by atoms with Crippen LogP contribution in [0.25, 0.3) is 55.4 Å². The number of sulfonamides is 2. The fraction of sp³-hybridized carbons (Fsp3) is 0.480. The third-order valence-corrected chi connectivity index (χ3v) is 20.3. The molecule has 3 aliphatic rings. The molecule has 7 heterocycles. The van der Waals surface area contributed by atoms with E-state index in [2.05, 4.69) is 122 Å². The van der Waals surface area contributed by atoms with Crippen LogP contribution >= 0.6 is 22.6 Å². The van der Waals surface area contributed by atoms with Gasteiger partial charge in [-0.05, 0) is 167 Å². The molecule has 25 heteroatoms. The monoisotopic (exact) mass is 1290 g/mol. The van der Waals surface area contributed by atoms with Gasteiger partial charge in [0.05, 0.1) is 61.0 Å². The Kier molecular flexibility index (Phi) is 16.5. The van der Waals surface area contributed by atoms with Gasteiger partial charge in [0.15, 0.2) is 0 Å². The zero-order valence-corrected chi connectivity index (χ0v) is 50.8. The molecular weight excluding hydrogens is 1230 g/mol. The van der Waals surface area contributed by atoms with Gasteiger partial charge < -0.3 is 28.3 Å². The number of imidazole rings is 2. The molecule has 0 spiro atoms. The first-order valence-electron chi connectivity index (χ1n) is 24.7. The second kappa shape index (κ2) is 21.9. The first-order chi connectivity index (χ1) is 35.2. The number of rotatable bonds is 12. The number of aromatic amines is 4. The summed E-state index contributed by atoms with van der Waals surface area (Å²) in [5.74, 6) is 1.93.